The Morgan fingerprint density at radius 2 is 2.18 bits per heavy atom. The summed E-state index contributed by atoms with van der Waals surface area (Å²) in [6.07, 6.45) is 0.878. The van der Waals surface area contributed by atoms with Crippen molar-refractivity contribution < 1.29 is 4.79 Å². The van der Waals surface area contributed by atoms with E-state index in [1.807, 2.05) is 38.3 Å². The van der Waals surface area contributed by atoms with Gasteiger partial charge in [-0.3, -0.25) is 4.79 Å². The van der Waals surface area contributed by atoms with E-state index in [2.05, 4.69) is 12.2 Å². The van der Waals surface area contributed by atoms with Gasteiger partial charge in [0.05, 0.1) is 12.1 Å². The summed E-state index contributed by atoms with van der Waals surface area (Å²) in [6, 6.07) is 3.65. The van der Waals surface area contributed by atoms with Crippen molar-refractivity contribution in [3.8, 4) is 0 Å². The van der Waals surface area contributed by atoms with E-state index in [1.54, 1.807) is 11.3 Å². The highest BCUT2D eigenvalue weighted by molar-refractivity contribution is 7.10. The Labute approximate surface area is 107 Å². The van der Waals surface area contributed by atoms with Crippen LogP contribution in [0.15, 0.2) is 17.5 Å². The van der Waals surface area contributed by atoms with Crippen molar-refractivity contribution in [1.82, 2.24) is 5.32 Å². The van der Waals surface area contributed by atoms with E-state index < -0.39 is 6.04 Å². The van der Waals surface area contributed by atoms with Crippen LogP contribution in [0.5, 0.6) is 0 Å². The molecule has 0 aliphatic heterocycles. The minimum atomic E-state index is -0.475. The second-order valence-corrected chi connectivity index (χ2v) is 6.31. The van der Waals surface area contributed by atoms with Crippen LogP contribution < -0.4 is 11.1 Å². The van der Waals surface area contributed by atoms with Gasteiger partial charge in [-0.1, -0.05) is 33.8 Å². The fourth-order valence-electron chi connectivity index (χ4n) is 1.52. The number of hydrogen-bond donors (Lipinski definition) is 2. The van der Waals surface area contributed by atoms with Gasteiger partial charge in [-0.05, 0) is 23.3 Å². The summed E-state index contributed by atoms with van der Waals surface area (Å²) in [5, 5.41) is 5.04. The van der Waals surface area contributed by atoms with Gasteiger partial charge in [0.2, 0.25) is 5.91 Å². The molecule has 2 atom stereocenters. The van der Waals surface area contributed by atoms with Crippen LogP contribution in [0.1, 0.15) is 45.0 Å². The molecular formula is C13H22N2OS. The molecule has 1 aromatic heterocycles. The van der Waals surface area contributed by atoms with E-state index in [4.69, 9.17) is 5.73 Å². The van der Waals surface area contributed by atoms with Gasteiger partial charge in [0, 0.05) is 4.88 Å². The zero-order valence-electron chi connectivity index (χ0n) is 11.0. The third-order valence-electron chi connectivity index (χ3n) is 2.83. The summed E-state index contributed by atoms with van der Waals surface area (Å²) in [5.74, 6) is -0.0715. The van der Waals surface area contributed by atoms with E-state index >= 15 is 0 Å². The molecule has 0 aromatic carbocycles. The Hall–Kier alpha value is -0.870. The molecular weight excluding hydrogens is 232 g/mol. The smallest absolute Gasteiger partial charge is 0.237 e. The minimum Gasteiger partial charge on any atom is -0.347 e. The number of hydrogen-bond acceptors (Lipinski definition) is 3. The van der Waals surface area contributed by atoms with Gasteiger partial charge < -0.3 is 11.1 Å². The van der Waals surface area contributed by atoms with Crippen LogP contribution in [-0.2, 0) is 4.79 Å². The lowest BCUT2D eigenvalue weighted by Crippen LogP contribution is -2.49. The van der Waals surface area contributed by atoms with Crippen molar-refractivity contribution in [3.05, 3.63) is 22.4 Å². The van der Waals surface area contributed by atoms with Gasteiger partial charge >= 0.3 is 0 Å². The number of carbonyl (C=O) groups is 1. The Balaban J connectivity index is 2.67. The first kappa shape index (κ1) is 14.2. The second kappa shape index (κ2) is 5.65. The van der Waals surface area contributed by atoms with Gasteiger partial charge in [-0.15, -0.1) is 11.3 Å². The first-order valence-electron chi connectivity index (χ1n) is 5.95. The van der Waals surface area contributed by atoms with Crippen molar-refractivity contribution in [2.45, 2.75) is 46.2 Å². The molecule has 1 aromatic rings. The van der Waals surface area contributed by atoms with Crippen molar-refractivity contribution in [1.29, 1.82) is 0 Å². The standard InChI is InChI=1S/C13H22N2OS/c1-5-9(10-7-6-8-17-10)15-12(16)11(14)13(2,3)4/h6-9,11H,5,14H2,1-4H3,(H,15,16). The normalized spacial score (nSPS) is 15.4. The average Bonchev–Trinajstić information content (AvgIpc) is 2.76. The highest BCUT2D eigenvalue weighted by Crippen LogP contribution is 2.23. The molecule has 0 fully saturated rings. The number of nitrogens with one attached hydrogen (secondary N) is 1. The Kier molecular flexibility index (Phi) is 4.71. The van der Waals surface area contributed by atoms with Crippen molar-refractivity contribution in [2.24, 2.45) is 11.1 Å². The van der Waals surface area contributed by atoms with Crippen LogP contribution in [-0.4, -0.2) is 11.9 Å². The third kappa shape index (κ3) is 3.82. The molecule has 3 N–H and O–H groups in total. The third-order valence-corrected chi connectivity index (χ3v) is 3.81. The summed E-state index contributed by atoms with van der Waals surface area (Å²) >= 11 is 1.66. The largest absolute Gasteiger partial charge is 0.347 e. The predicted molar refractivity (Wildman–Crippen MR) is 72.9 cm³/mol. The zero-order valence-corrected chi connectivity index (χ0v) is 11.8. The lowest BCUT2D eigenvalue weighted by molar-refractivity contribution is -0.125. The molecule has 0 aliphatic rings. The molecule has 0 aliphatic carbocycles. The molecule has 17 heavy (non-hydrogen) atoms. The summed E-state index contributed by atoms with van der Waals surface area (Å²) < 4.78 is 0. The fraction of sp³-hybridized carbons (Fsp3) is 0.615. The van der Waals surface area contributed by atoms with Gasteiger partial charge in [-0.2, -0.15) is 0 Å². The van der Waals surface area contributed by atoms with E-state index in [9.17, 15) is 4.79 Å². The maximum absolute atomic E-state index is 12.0. The number of carbonyl (C=O) groups excluding carboxylic acids is 1. The van der Waals surface area contributed by atoms with E-state index in [0.29, 0.717) is 0 Å². The van der Waals surface area contributed by atoms with Crippen molar-refractivity contribution in [2.75, 3.05) is 0 Å². The number of nitrogens with two attached hydrogens (primary N) is 1. The first-order valence-corrected chi connectivity index (χ1v) is 6.83. The maximum Gasteiger partial charge on any atom is 0.237 e. The Bertz CT molecular complexity index is 354. The lowest BCUT2D eigenvalue weighted by Gasteiger charge is -2.27. The number of amides is 1. The van der Waals surface area contributed by atoms with Gasteiger partial charge in [0.25, 0.3) is 0 Å². The summed E-state index contributed by atoms with van der Waals surface area (Å²) in [6.45, 7) is 7.99. The van der Waals surface area contributed by atoms with E-state index in [1.165, 1.54) is 4.88 Å². The average molecular weight is 254 g/mol. The van der Waals surface area contributed by atoms with E-state index in [0.717, 1.165) is 6.42 Å². The van der Waals surface area contributed by atoms with E-state index in [-0.39, 0.29) is 17.4 Å². The van der Waals surface area contributed by atoms with Gasteiger partial charge in [0.15, 0.2) is 0 Å². The molecule has 1 amide bonds. The number of rotatable bonds is 4. The van der Waals surface area contributed by atoms with Crippen LogP contribution in [0.3, 0.4) is 0 Å². The molecule has 0 spiro atoms. The van der Waals surface area contributed by atoms with Crippen LogP contribution >= 0.6 is 11.3 Å². The molecule has 0 radical (unpaired) electrons. The Morgan fingerprint density at radius 1 is 1.53 bits per heavy atom. The molecule has 0 bridgehead atoms. The van der Waals surface area contributed by atoms with Crippen LogP contribution in [0.25, 0.3) is 0 Å². The molecule has 4 heteroatoms. The minimum absolute atomic E-state index is 0.0715. The molecule has 2 unspecified atom stereocenters. The molecule has 0 saturated carbocycles. The summed E-state index contributed by atoms with van der Waals surface area (Å²) in [4.78, 5) is 13.2. The maximum atomic E-state index is 12.0. The zero-order chi connectivity index (χ0) is 13.1. The molecule has 96 valence electrons. The lowest BCUT2D eigenvalue weighted by atomic mass is 9.87. The Morgan fingerprint density at radius 3 is 2.59 bits per heavy atom. The summed E-state index contributed by atoms with van der Waals surface area (Å²) in [5.41, 5.74) is 5.73. The molecule has 1 rings (SSSR count). The van der Waals surface area contributed by atoms with Crippen molar-refractivity contribution >= 4 is 17.2 Å². The summed E-state index contributed by atoms with van der Waals surface area (Å²) in [7, 11) is 0. The molecule has 1 heterocycles. The molecule has 3 nitrogen and oxygen atoms in total. The van der Waals surface area contributed by atoms with Crippen LogP contribution in [0.2, 0.25) is 0 Å². The first-order chi connectivity index (χ1) is 7.86. The predicted octanol–water partition coefficient (Wildman–Crippen LogP) is 2.69. The molecule has 0 saturated heterocycles. The van der Waals surface area contributed by atoms with Gasteiger partial charge in [0.1, 0.15) is 0 Å². The SMILES string of the molecule is CCC(NC(=O)C(N)C(C)(C)C)c1cccs1. The monoisotopic (exact) mass is 254 g/mol. The fourth-order valence-corrected chi connectivity index (χ4v) is 2.38. The quantitative estimate of drug-likeness (QED) is 0.868. The van der Waals surface area contributed by atoms with Crippen LogP contribution in [0, 0.1) is 5.41 Å². The number of thiophene rings is 1. The topological polar surface area (TPSA) is 55.1 Å². The second-order valence-electron chi connectivity index (χ2n) is 5.33. The van der Waals surface area contributed by atoms with Crippen molar-refractivity contribution in [3.63, 3.8) is 0 Å². The highest BCUT2D eigenvalue weighted by Gasteiger charge is 2.28. The van der Waals surface area contributed by atoms with Gasteiger partial charge in [-0.25, -0.2) is 0 Å². The highest BCUT2D eigenvalue weighted by atomic mass is 32.1. The van der Waals surface area contributed by atoms with Crippen LogP contribution in [0.4, 0.5) is 0 Å².